The second-order valence-electron chi connectivity index (χ2n) is 19.9. The van der Waals surface area contributed by atoms with Crippen LogP contribution < -0.4 is 9.80 Å². The lowest BCUT2D eigenvalue weighted by atomic mass is 9.94. The Hall–Kier alpha value is -5.69. The molecule has 0 saturated heterocycles. The highest BCUT2D eigenvalue weighted by Crippen LogP contribution is 2.61. The number of para-hydroxylation sites is 2. The van der Waals surface area contributed by atoms with E-state index in [0.717, 1.165) is 5.69 Å². The van der Waals surface area contributed by atoms with Crippen molar-refractivity contribution in [3.63, 3.8) is 0 Å². The summed E-state index contributed by atoms with van der Waals surface area (Å²) in [5, 5.41) is 5.20. The Bertz CT molecular complexity index is 2850. The largest absolute Gasteiger partial charge is 0.310 e. The Morgan fingerprint density at radius 2 is 0.852 bits per heavy atom. The van der Waals surface area contributed by atoms with Crippen LogP contribution >= 0.6 is 0 Å². The Kier molecular flexibility index (Phi) is 10.2. The summed E-state index contributed by atoms with van der Waals surface area (Å²) in [6, 6.07) is 64.4. The van der Waals surface area contributed by atoms with Gasteiger partial charge >= 0.3 is 0 Å². The molecular formula is C57H60N2Si2. The molecule has 61 heavy (non-hydrogen) atoms. The molecule has 0 aliphatic heterocycles. The molecule has 306 valence electrons. The first-order valence-electron chi connectivity index (χ1n) is 22.2. The van der Waals surface area contributed by atoms with E-state index in [1.165, 1.54) is 83.4 Å². The SMILES string of the molecule is CC(C)c1ccc(N(c2ccccc2)c2ccc3cc4c(cc3c2)C([Si](C)(C)C)([Si](C)(C)C)c2cc(N(c3ccccc3)c3ccc(C(C)C)cc3)c3ccccc3c2-4)cc1. The van der Waals surface area contributed by atoms with Gasteiger partial charge in [-0.2, -0.15) is 0 Å². The van der Waals surface area contributed by atoms with Crippen molar-refractivity contribution in [3.8, 4) is 11.1 Å². The van der Waals surface area contributed by atoms with E-state index >= 15 is 0 Å². The van der Waals surface area contributed by atoms with Crippen molar-refractivity contribution in [2.24, 2.45) is 0 Å². The van der Waals surface area contributed by atoms with Crippen LogP contribution in [0, 0.1) is 0 Å². The van der Waals surface area contributed by atoms with E-state index in [1.54, 1.807) is 0 Å². The molecule has 4 heteroatoms. The van der Waals surface area contributed by atoms with Gasteiger partial charge in [0.1, 0.15) is 0 Å². The predicted octanol–water partition coefficient (Wildman–Crippen LogP) is 17.2. The molecule has 0 fully saturated rings. The third kappa shape index (κ3) is 6.76. The highest BCUT2D eigenvalue weighted by Gasteiger charge is 2.59. The van der Waals surface area contributed by atoms with Crippen molar-refractivity contribution in [1.82, 2.24) is 0 Å². The van der Waals surface area contributed by atoms with E-state index < -0.39 is 16.1 Å². The van der Waals surface area contributed by atoms with Crippen LogP contribution in [0.5, 0.6) is 0 Å². The molecule has 8 aromatic carbocycles. The van der Waals surface area contributed by atoms with Crippen molar-refractivity contribution in [2.45, 2.75) is 83.5 Å². The Morgan fingerprint density at radius 1 is 0.393 bits per heavy atom. The fourth-order valence-electron chi connectivity index (χ4n) is 11.0. The number of nitrogens with zero attached hydrogens (tertiary/aromatic N) is 2. The third-order valence-electron chi connectivity index (χ3n) is 13.5. The van der Waals surface area contributed by atoms with Gasteiger partial charge in [-0.15, -0.1) is 0 Å². The Labute approximate surface area is 366 Å². The molecule has 0 aromatic heterocycles. The van der Waals surface area contributed by atoms with Crippen LogP contribution in [0.25, 0.3) is 32.7 Å². The minimum absolute atomic E-state index is 0.0662. The minimum Gasteiger partial charge on any atom is -0.310 e. The molecule has 0 atom stereocenters. The number of rotatable bonds is 10. The van der Waals surface area contributed by atoms with Crippen LogP contribution in [0.3, 0.4) is 0 Å². The van der Waals surface area contributed by atoms with E-state index in [9.17, 15) is 0 Å². The molecule has 0 amide bonds. The van der Waals surface area contributed by atoms with E-state index in [4.69, 9.17) is 0 Å². The number of hydrogen-bond acceptors (Lipinski definition) is 2. The molecule has 0 bridgehead atoms. The first kappa shape index (κ1) is 40.7. The van der Waals surface area contributed by atoms with Crippen LogP contribution in [0.4, 0.5) is 34.1 Å². The van der Waals surface area contributed by atoms with Gasteiger partial charge in [0.2, 0.25) is 0 Å². The topological polar surface area (TPSA) is 6.48 Å². The maximum Gasteiger partial charge on any atom is 0.0579 e. The maximum atomic E-state index is 2.64. The van der Waals surface area contributed by atoms with Crippen LogP contribution in [-0.2, 0) is 4.66 Å². The van der Waals surface area contributed by atoms with Crippen molar-refractivity contribution >= 4 is 71.8 Å². The summed E-state index contributed by atoms with van der Waals surface area (Å²) in [4.78, 5) is 4.94. The summed E-state index contributed by atoms with van der Waals surface area (Å²) in [7, 11) is -4.09. The molecule has 1 aliphatic carbocycles. The van der Waals surface area contributed by atoms with E-state index in [0.29, 0.717) is 11.8 Å². The van der Waals surface area contributed by atoms with Crippen LogP contribution in [0.2, 0.25) is 39.3 Å². The summed E-state index contributed by atoms with van der Waals surface area (Å²) >= 11 is 0. The van der Waals surface area contributed by atoms with Gasteiger partial charge in [0.15, 0.2) is 0 Å². The second-order valence-corrected chi connectivity index (χ2v) is 30.9. The van der Waals surface area contributed by atoms with E-state index in [-0.39, 0.29) is 4.66 Å². The van der Waals surface area contributed by atoms with Gasteiger partial charge in [-0.25, -0.2) is 0 Å². The summed E-state index contributed by atoms with van der Waals surface area (Å²) in [6.45, 7) is 24.9. The molecule has 0 heterocycles. The van der Waals surface area contributed by atoms with Gasteiger partial charge < -0.3 is 9.80 Å². The molecule has 2 nitrogen and oxygen atoms in total. The maximum absolute atomic E-state index is 2.64. The molecule has 0 spiro atoms. The molecule has 8 aromatic rings. The normalized spacial score (nSPS) is 13.5. The summed E-state index contributed by atoms with van der Waals surface area (Å²) in [5.41, 5.74) is 15.7. The van der Waals surface area contributed by atoms with Crippen LogP contribution in [0.1, 0.15) is 61.8 Å². The first-order chi connectivity index (χ1) is 29.2. The lowest BCUT2D eigenvalue weighted by Gasteiger charge is -2.51. The van der Waals surface area contributed by atoms with E-state index in [1.807, 2.05) is 0 Å². The number of fused-ring (bicyclic) bond motifs is 6. The average molecular weight is 829 g/mol. The lowest BCUT2D eigenvalue weighted by molar-refractivity contribution is 0.866. The molecular weight excluding hydrogens is 769 g/mol. The fourth-order valence-corrected chi connectivity index (χ4v) is 24.0. The fraction of sp³-hybridized carbons (Fsp3) is 0.228. The average Bonchev–Trinajstić information content (AvgIpc) is 3.55. The second kappa shape index (κ2) is 15.3. The van der Waals surface area contributed by atoms with Crippen molar-refractivity contribution in [1.29, 1.82) is 0 Å². The predicted molar refractivity (Wildman–Crippen MR) is 272 cm³/mol. The van der Waals surface area contributed by atoms with Crippen molar-refractivity contribution in [3.05, 3.63) is 192 Å². The first-order valence-corrected chi connectivity index (χ1v) is 29.2. The molecule has 9 rings (SSSR count). The zero-order valence-corrected chi connectivity index (χ0v) is 39.7. The van der Waals surface area contributed by atoms with Crippen molar-refractivity contribution < 1.29 is 0 Å². The zero-order chi connectivity index (χ0) is 42.8. The van der Waals surface area contributed by atoms with Crippen LogP contribution in [0.15, 0.2) is 170 Å². The summed E-state index contributed by atoms with van der Waals surface area (Å²) in [6.07, 6.45) is 0. The van der Waals surface area contributed by atoms with E-state index in [2.05, 4.69) is 247 Å². The summed E-state index contributed by atoms with van der Waals surface area (Å²) < 4.78 is -0.0662. The standard InChI is InChI=1S/C57H60N2Si2/c1-39(2)41-25-30-47(31-26-41)58(45-19-13-11-14-20-45)49-34-29-43-36-52-53(37-44(43)35-49)57(60(5,6)7,61(8,9)10)54-38-55(50-23-17-18-24-51(50)56(52)54)59(46-21-15-12-16-22-46)48-32-27-42(28-33-48)40(3)4/h11-40H,1-10H3. The van der Waals surface area contributed by atoms with Gasteiger partial charge in [0.25, 0.3) is 0 Å². The molecule has 0 saturated carbocycles. The zero-order valence-electron chi connectivity index (χ0n) is 37.7. The number of anilines is 6. The highest BCUT2D eigenvalue weighted by molar-refractivity contribution is 6.99. The smallest absolute Gasteiger partial charge is 0.0579 e. The van der Waals surface area contributed by atoms with Gasteiger partial charge in [0, 0.05) is 38.5 Å². The third-order valence-corrected chi connectivity index (χ3v) is 23.6. The molecule has 1 aliphatic rings. The van der Waals surface area contributed by atoms with Gasteiger partial charge in [-0.3, -0.25) is 0 Å². The van der Waals surface area contributed by atoms with Crippen LogP contribution in [-0.4, -0.2) is 16.1 Å². The Balaban J connectivity index is 1.32. The van der Waals surface area contributed by atoms with Crippen molar-refractivity contribution in [2.75, 3.05) is 9.80 Å². The number of benzene rings is 8. The molecule has 0 unspecified atom stereocenters. The minimum atomic E-state index is -2.05. The molecule has 0 N–H and O–H groups in total. The molecule has 0 radical (unpaired) electrons. The monoisotopic (exact) mass is 828 g/mol. The highest BCUT2D eigenvalue weighted by atomic mass is 28.4. The van der Waals surface area contributed by atoms with Gasteiger partial charge in [0.05, 0.1) is 21.8 Å². The van der Waals surface area contributed by atoms with Gasteiger partial charge in [-0.1, -0.05) is 164 Å². The van der Waals surface area contributed by atoms with Gasteiger partial charge in [-0.05, 0) is 134 Å². The lowest BCUT2D eigenvalue weighted by Crippen LogP contribution is -2.63. The summed E-state index contributed by atoms with van der Waals surface area (Å²) in [5.74, 6) is 0.951. The quantitative estimate of drug-likeness (QED) is 0.127. The Morgan fingerprint density at radius 3 is 1.38 bits per heavy atom. The number of hydrogen-bond donors (Lipinski definition) is 0.